The molecule has 1 aromatic heterocycles. The van der Waals surface area contributed by atoms with Crippen LogP contribution in [0.15, 0.2) is 16.9 Å². The number of aliphatic hydroxyl groups excluding tert-OH is 1. The van der Waals surface area contributed by atoms with Gasteiger partial charge in [0.25, 0.3) is 0 Å². The minimum absolute atomic E-state index is 0.0687. The molecule has 1 saturated carbocycles. The number of nitrogens with zero attached hydrogens (tertiary/aromatic N) is 1. The molecule has 1 aromatic rings. The van der Waals surface area contributed by atoms with E-state index in [0.29, 0.717) is 0 Å². The van der Waals surface area contributed by atoms with E-state index in [4.69, 9.17) is 0 Å². The number of anilines is 1. The topological polar surface area (TPSA) is 45.1 Å². The summed E-state index contributed by atoms with van der Waals surface area (Å²) in [7, 11) is 0. The average molecular weight is 313 g/mol. The van der Waals surface area contributed by atoms with Gasteiger partial charge in [0.15, 0.2) is 0 Å². The summed E-state index contributed by atoms with van der Waals surface area (Å²) >= 11 is 3.40. The van der Waals surface area contributed by atoms with Gasteiger partial charge in [-0.15, -0.1) is 0 Å². The third-order valence-electron chi connectivity index (χ3n) is 3.93. The predicted octanol–water partition coefficient (Wildman–Crippen LogP) is 3.51. The Kier molecular flexibility index (Phi) is 4.62. The predicted molar refractivity (Wildman–Crippen MR) is 77.8 cm³/mol. The van der Waals surface area contributed by atoms with Crippen molar-refractivity contribution in [1.29, 1.82) is 0 Å². The first kappa shape index (κ1) is 13.8. The first-order chi connectivity index (χ1) is 8.65. The lowest BCUT2D eigenvalue weighted by Crippen LogP contribution is -2.35. The van der Waals surface area contributed by atoms with Gasteiger partial charge < -0.3 is 10.4 Å². The molecule has 18 heavy (non-hydrogen) atoms. The zero-order valence-corrected chi connectivity index (χ0v) is 12.5. The van der Waals surface area contributed by atoms with Crippen LogP contribution in [0, 0.1) is 12.3 Å². The summed E-state index contributed by atoms with van der Waals surface area (Å²) in [5, 5.41) is 13.1. The van der Waals surface area contributed by atoms with Gasteiger partial charge in [-0.25, -0.2) is 4.98 Å². The summed E-state index contributed by atoms with van der Waals surface area (Å²) < 4.78 is 0.891. The molecule has 0 aromatic carbocycles. The van der Waals surface area contributed by atoms with Crippen LogP contribution in [0.1, 0.15) is 37.7 Å². The minimum Gasteiger partial charge on any atom is -0.396 e. The Labute approximate surface area is 117 Å². The first-order valence-electron chi connectivity index (χ1n) is 6.62. The molecule has 1 fully saturated rings. The van der Waals surface area contributed by atoms with E-state index in [1.54, 1.807) is 0 Å². The molecule has 0 bridgehead atoms. The molecule has 1 heterocycles. The van der Waals surface area contributed by atoms with Gasteiger partial charge in [0.1, 0.15) is 4.60 Å². The second-order valence-corrected chi connectivity index (χ2v) is 6.16. The monoisotopic (exact) mass is 312 g/mol. The second-order valence-electron chi connectivity index (χ2n) is 5.40. The van der Waals surface area contributed by atoms with Crippen molar-refractivity contribution in [3.05, 3.63) is 22.4 Å². The number of hydrogen-bond acceptors (Lipinski definition) is 3. The van der Waals surface area contributed by atoms with Crippen molar-refractivity contribution in [3.8, 4) is 0 Å². The molecule has 0 aliphatic heterocycles. The van der Waals surface area contributed by atoms with Gasteiger partial charge in [0.2, 0.25) is 0 Å². The van der Waals surface area contributed by atoms with Gasteiger partial charge in [-0.05, 0) is 47.3 Å². The quantitative estimate of drug-likeness (QED) is 0.836. The van der Waals surface area contributed by atoms with Crippen molar-refractivity contribution in [2.24, 2.45) is 5.41 Å². The van der Waals surface area contributed by atoms with E-state index < -0.39 is 0 Å². The molecule has 100 valence electrons. The van der Waals surface area contributed by atoms with Crippen LogP contribution in [-0.2, 0) is 0 Å². The van der Waals surface area contributed by atoms with Crippen molar-refractivity contribution in [2.45, 2.75) is 39.0 Å². The smallest absolute Gasteiger partial charge is 0.109 e. The number of halogens is 1. The molecular formula is C14H21BrN2O. The van der Waals surface area contributed by atoms with Crippen LogP contribution in [0.25, 0.3) is 0 Å². The summed E-state index contributed by atoms with van der Waals surface area (Å²) in [6.45, 7) is 3.15. The highest BCUT2D eigenvalue weighted by Gasteiger charge is 2.31. The van der Waals surface area contributed by atoms with E-state index >= 15 is 0 Å². The van der Waals surface area contributed by atoms with Gasteiger partial charge in [-0.3, -0.25) is 0 Å². The van der Waals surface area contributed by atoms with Gasteiger partial charge in [0, 0.05) is 12.0 Å². The van der Waals surface area contributed by atoms with Gasteiger partial charge in [-0.2, -0.15) is 0 Å². The lowest BCUT2D eigenvalue weighted by molar-refractivity contribution is 0.0944. The highest BCUT2D eigenvalue weighted by molar-refractivity contribution is 9.10. The molecule has 0 saturated heterocycles. The molecular weight excluding hydrogens is 292 g/mol. The SMILES string of the molecule is Cc1cc(NCC2(CO)CCCCC2)cnc1Br. The Morgan fingerprint density at radius 1 is 1.39 bits per heavy atom. The molecule has 0 unspecified atom stereocenters. The fourth-order valence-corrected chi connectivity index (χ4v) is 2.85. The Bertz CT molecular complexity index is 403. The van der Waals surface area contributed by atoms with E-state index in [0.717, 1.165) is 35.2 Å². The molecule has 0 radical (unpaired) electrons. The fraction of sp³-hybridized carbons (Fsp3) is 0.643. The lowest BCUT2D eigenvalue weighted by atomic mass is 9.74. The number of aromatic nitrogens is 1. The standard InChI is InChI=1S/C14H21BrN2O/c1-11-7-12(8-16-13(11)15)17-9-14(10-18)5-3-2-4-6-14/h7-8,17-18H,2-6,9-10H2,1H3. The second kappa shape index (κ2) is 6.02. The van der Waals surface area contributed by atoms with Crippen LogP contribution in [0.4, 0.5) is 5.69 Å². The van der Waals surface area contributed by atoms with Gasteiger partial charge in [-0.1, -0.05) is 19.3 Å². The largest absolute Gasteiger partial charge is 0.396 e. The van der Waals surface area contributed by atoms with Crippen molar-refractivity contribution in [3.63, 3.8) is 0 Å². The molecule has 0 spiro atoms. The molecule has 2 rings (SSSR count). The third-order valence-corrected chi connectivity index (χ3v) is 4.76. The maximum atomic E-state index is 9.66. The number of aliphatic hydroxyl groups is 1. The Morgan fingerprint density at radius 2 is 2.11 bits per heavy atom. The highest BCUT2D eigenvalue weighted by atomic mass is 79.9. The molecule has 1 aliphatic rings. The van der Waals surface area contributed by atoms with E-state index in [2.05, 4.69) is 32.3 Å². The zero-order chi connectivity index (χ0) is 13.0. The Hall–Kier alpha value is -0.610. The summed E-state index contributed by atoms with van der Waals surface area (Å²) in [5.74, 6) is 0. The Morgan fingerprint density at radius 3 is 2.72 bits per heavy atom. The Balaban J connectivity index is 1.98. The first-order valence-corrected chi connectivity index (χ1v) is 7.41. The summed E-state index contributed by atoms with van der Waals surface area (Å²) in [5.41, 5.74) is 2.23. The third kappa shape index (κ3) is 3.23. The van der Waals surface area contributed by atoms with Crippen molar-refractivity contribution in [1.82, 2.24) is 4.98 Å². The van der Waals surface area contributed by atoms with Crippen LogP contribution >= 0.6 is 15.9 Å². The van der Waals surface area contributed by atoms with Crippen molar-refractivity contribution in [2.75, 3.05) is 18.5 Å². The minimum atomic E-state index is 0.0687. The summed E-state index contributed by atoms with van der Waals surface area (Å²) in [4.78, 5) is 4.28. The van der Waals surface area contributed by atoms with Crippen LogP contribution < -0.4 is 5.32 Å². The molecule has 0 amide bonds. The van der Waals surface area contributed by atoms with Gasteiger partial charge in [0.05, 0.1) is 18.5 Å². The van der Waals surface area contributed by atoms with Crippen LogP contribution in [-0.4, -0.2) is 23.2 Å². The number of aryl methyl sites for hydroxylation is 1. The molecule has 4 heteroatoms. The summed E-state index contributed by atoms with van der Waals surface area (Å²) in [6.07, 6.45) is 7.87. The molecule has 0 atom stereocenters. The van der Waals surface area contributed by atoms with Crippen molar-refractivity contribution >= 4 is 21.6 Å². The van der Waals surface area contributed by atoms with Gasteiger partial charge >= 0.3 is 0 Å². The molecule has 3 nitrogen and oxygen atoms in total. The van der Waals surface area contributed by atoms with Crippen LogP contribution in [0.2, 0.25) is 0 Å². The maximum Gasteiger partial charge on any atom is 0.109 e. The van der Waals surface area contributed by atoms with Crippen LogP contribution in [0.3, 0.4) is 0 Å². The fourth-order valence-electron chi connectivity index (χ4n) is 2.64. The number of pyridine rings is 1. The van der Waals surface area contributed by atoms with Crippen LogP contribution in [0.5, 0.6) is 0 Å². The van der Waals surface area contributed by atoms with E-state index in [1.165, 1.54) is 19.3 Å². The van der Waals surface area contributed by atoms with E-state index in [1.807, 2.05) is 13.1 Å². The van der Waals surface area contributed by atoms with Crippen molar-refractivity contribution < 1.29 is 5.11 Å². The highest BCUT2D eigenvalue weighted by Crippen LogP contribution is 2.36. The molecule has 2 N–H and O–H groups in total. The molecule has 1 aliphatic carbocycles. The number of rotatable bonds is 4. The lowest BCUT2D eigenvalue weighted by Gasteiger charge is -2.36. The normalized spacial score (nSPS) is 18.6. The van der Waals surface area contributed by atoms with E-state index in [-0.39, 0.29) is 12.0 Å². The summed E-state index contributed by atoms with van der Waals surface area (Å²) in [6, 6.07) is 2.09. The average Bonchev–Trinajstić information content (AvgIpc) is 2.41. The maximum absolute atomic E-state index is 9.66. The zero-order valence-electron chi connectivity index (χ0n) is 10.9. The number of hydrogen-bond donors (Lipinski definition) is 2. The van der Waals surface area contributed by atoms with E-state index in [9.17, 15) is 5.11 Å². The number of nitrogens with one attached hydrogen (secondary N) is 1.